The number of piperazine rings is 1. The van der Waals surface area contributed by atoms with Gasteiger partial charge in [0.25, 0.3) is 5.91 Å². The summed E-state index contributed by atoms with van der Waals surface area (Å²) in [5.74, 6) is 1.25. The number of rotatable bonds is 3. The van der Waals surface area contributed by atoms with Crippen LogP contribution in [0.15, 0.2) is 10.5 Å². The van der Waals surface area contributed by atoms with Gasteiger partial charge in [-0.05, 0) is 32.8 Å². The van der Waals surface area contributed by atoms with Crippen molar-refractivity contribution in [1.82, 2.24) is 9.21 Å². The largest absolute Gasteiger partial charge is 0.466 e. The van der Waals surface area contributed by atoms with Gasteiger partial charge in [-0.3, -0.25) is 4.79 Å². The molecular formula is C14H20N2O4S. The summed E-state index contributed by atoms with van der Waals surface area (Å²) in [5.41, 5.74) is 0.575. The van der Waals surface area contributed by atoms with Crippen LogP contribution < -0.4 is 0 Å². The lowest BCUT2D eigenvalue weighted by molar-refractivity contribution is 0.0696. The van der Waals surface area contributed by atoms with Crippen LogP contribution in [-0.2, 0) is 10.0 Å². The Morgan fingerprint density at radius 3 is 2.29 bits per heavy atom. The molecule has 0 bridgehead atoms. The second-order valence-corrected chi connectivity index (χ2v) is 7.98. The van der Waals surface area contributed by atoms with Gasteiger partial charge in [0.2, 0.25) is 10.0 Å². The fourth-order valence-corrected chi connectivity index (χ4v) is 4.56. The van der Waals surface area contributed by atoms with E-state index < -0.39 is 10.0 Å². The Bertz CT molecular complexity index is 653. The maximum Gasteiger partial charge on any atom is 0.257 e. The standard InChI is InChI=1S/C14H20N2O4S/c1-10-9-13(11(2)20-10)14(17)15-5-7-16(8-6-15)21(18,19)12-3-4-12/h9,12H,3-8H2,1-2H3. The Labute approximate surface area is 124 Å². The molecule has 116 valence electrons. The van der Waals surface area contributed by atoms with E-state index in [0.29, 0.717) is 43.3 Å². The zero-order valence-electron chi connectivity index (χ0n) is 12.3. The van der Waals surface area contributed by atoms with Gasteiger partial charge >= 0.3 is 0 Å². The van der Waals surface area contributed by atoms with Gasteiger partial charge in [0.1, 0.15) is 11.5 Å². The molecule has 0 atom stereocenters. The summed E-state index contributed by atoms with van der Waals surface area (Å²) in [4.78, 5) is 14.1. The summed E-state index contributed by atoms with van der Waals surface area (Å²) < 4.78 is 31.2. The SMILES string of the molecule is Cc1cc(C(=O)N2CCN(S(=O)(=O)C3CC3)CC2)c(C)o1. The molecule has 2 aliphatic rings. The number of carbonyl (C=O) groups is 1. The number of hydrogen-bond acceptors (Lipinski definition) is 4. The molecule has 2 fully saturated rings. The van der Waals surface area contributed by atoms with Crippen LogP contribution in [-0.4, -0.2) is 55.0 Å². The van der Waals surface area contributed by atoms with Crippen molar-refractivity contribution in [2.75, 3.05) is 26.2 Å². The molecule has 1 aliphatic heterocycles. The lowest BCUT2D eigenvalue weighted by atomic mass is 10.2. The van der Waals surface area contributed by atoms with Crippen molar-refractivity contribution in [1.29, 1.82) is 0 Å². The van der Waals surface area contributed by atoms with Crippen LogP contribution in [0, 0.1) is 13.8 Å². The van der Waals surface area contributed by atoms with Gasteiger partial charge in [0.05, 0.1) is 10.8 Å². The number of nitrogens with zero attached hydrogens (tertiary/aromatic N) is 2. The van der Waals surface area contributed by atoms with Crippen molar-refractivity contribution < 1.29 is 17.6 Å². The van der Waals surface area contributed by atoms with Crippen LogP contribution in [0.25, 0.3) is 0 Å². The quantitative estimate of drug-likeness (QED) is 0.839. The first-order chi connectivity index (χ1) is 9.89. The van der Waals surface area contributed by atoms with Gasteiger partial charge in [0.15, 0.2) is 0 Å². The Kier molecular flexibility index (Phi) is 3.57. The van der Waals surface area contributed by atoms with Gasteiger partial charge < -0.3 is 9.32 Å². The second-order valence-electron chi connectivity index (χ2n) is 5.76. The van der Waals surface area contributed by atoms with Crippen molar-refractivity contribution in [2.45, 2.75) is 31.9 Å². The van der Waals surface area contributed by atoms with Gasteiger partial charge in [-0.1, -0.05) is 0 Å². The lowest BCUT2D eigenvalue weighted by Gasteiger charge is -2.34. The smallest absolute Gasteiger partial charge is 0.257 e. The molecule has 0 radical (unpaired) electrons. The fourth-order valence-electron chi connectivity index (χ4n) is 2.74. The van der Waals surface area contributed by atoms with E-state index in [1.54, 1.807) is 17.9 Å². The predicted octanol–water partition coefficient (Wildman–Crippen LogP) is 1.15. The first kappa shape index (κ1) is 14.6. The number of aryl methyl sites for hydroxylation is 2. The highest BCUT2D eigenvalue weighted by atomic mass is 32.2. The van der Waals surface area contributed by atoms with Crippen molar-refractivity contribution >= 4 is 15.9 Å². The van der Waals surface area contributed by atoms with E-state index in [0.717, 1.165) is 12.8 Å². The third kappa shape index (κ3) is 2.72. The molecule has 0 unspecified atom stereocenters. The monoisotopic (exact) mass is 312 g/mol. The third-order valence-electron chi connectivity index (χ3n) is 4.10. The summed E-state index contributed by atoms with van der Waals surface area (Å²) >= 11 is 0. The molecular weight excluding hydrogens is 292 g/mol. The molecule has 7 heteroatoms. The van der Waals surface area contributed by atoms with Crippen molar-refractivity contribution in [2.24, 2.45) is 0 Å². The average Bonchev–Trinajstić information content (AvgIpc) is 3.24. The Balaban J connectivity index is 1.66. The van der Waals surface area contributed by atoms with E-state index in [1.807, 2.05) is 6.92 Å². The van der Waals surface area contributed by atoms with Crippen LogP contribution >= 0.6 is 0 Å². The normalized spacial score (nSPS) is 20.8. The molecule has 21 heavy (non-hydrogen) atoms. The Morgan fingerprint density at radius 2 is 1.81 bits per heavy atom. The molecule has 1 aliphatic carbocycles. The highest BCUT2D eigenvalue weighted by Crippen LogP contribution is 2.31. The average molecular weight is 312 g/mol. The van der Waals surface area contributed by atoms with Crippen molar-refractivity contribution in [3.63, 3.8) is 0 Å². The topological polar surface area (TPSA) is 70.8 Å². The number of amides is 1. The maximum absolute atomic E-state index is 12.4. The number of hydrogen-bond donors (Lipinski definition) is 0. The van der Waals surface area contributed by atoms with Crippen molar-refractivity contribution in [3.05, 3.63) is 23.2 Å². The minimum absolute atomic E-state index is 0.0761. The van der Waals surface area contributed by atoms with E-state index in [-0.39, 0.29) is 11.2 Å². The zero-order chi connectivity index (χ0) is 15.2. The molecule has 1 aromatic rings. The Hall–Kier alpha value is -1.34. The molecule has 0 aromatic carbocycles. The van der Waals surface area contributed by atoms with Gasteiger partial charge in [0, 0.05) is 26.2 Å². The predicted molar refractivity (Wildman–Crippen MR) is 77.6 cm³/mol. The van der Waals surface area contributed by atoms with Gasteiger partial charge in [-0.2, -0.15) is 4.31 Å². The Morgan fingerprint density at radius 1 is 1.19 bits per heavy atom. The fraction of sp³-hybridized carbons (Fsp3) is 0.643. The van der Waals surface area contributed by atoms with E-state index >= 15 is 0 Å². The summed E-state index contributed by atoms with van der Waals surface area (Å²) in [6.07, 6.45) is 1.55. The first-order valence-electron chi connectivity index (χ1n) is 7.25. The lowest BCUT2D eigenvalue weighted by Crippen LogP contribution is -2.51. The minimum atomic E-state index is -3.13. The molecule has 6 nitrogen and oxygen atoms in total. The van der Waals surface area contributed by atoms with Crippen molar-refractivity contribution in [3.8, 4) is 0 Å². The second kappa shape index (κ2) is 5.14. The molecule has 1 saturated carbocycles. The molecule has 1 saturated heterocycles. The number of sulfonamides is 1. The number of carbonyl (C=O) groups excluding carboxylic acids is 1. The van der Waals surface area contributed by atoms with E-state index in [4.69, 9.17) is 4.42 Å². The highest BCUT2D eigenvalue weighted by Gasteiger charge is 2.41. The maximum atomic E-state index is 12.4. The first-order valence-corrected chi connectivity index (χ1v) is 8.75. The van der Waals surface area contributed by atoms with E-state index in [2.05, 4.69) is 0 Å². The van der Waals surface area contributed by atoms with Crippen LogP contribution in [0.2, 0.25) is 0 Å². The number of furan rings is 1. The molecule has 0 spiro atoms. The van der Waals surface area contributed by atoms with Crippen LogP contribution in [0.5, 0.6) is 0 Å². The molecule has 1 amide bonds. The minimum Gasteiger partial charge on any atom is -0.466 e. The van der Waals surface area contributed by atoms with Crippen LogP contribution in [0.1, 0.15) is 34.7 Å². The summed E-state index contributed by atoms with van der Waals surface area (Å²) in [5, 5.41) is -0.182. The summed E-state index contributed by atoms with van der Waals surface area (Å²) in [6.45, 7) is 5.24. The van der Waals surface area contributed by atoms with Gasteiger partial charge in [-0.15, -0.1) is 0 Å². The molecule has 0 N–H and O–H groups in total. The third-order valence-corrected chi connectivity index (χ3v) is 6.50. The zero-order valence-corrected chi connectivity index (χ0v) is 13.1. The van der Waals surface area contributed by atoms with Crippen LogP contribution in [0.4, 0.5) is 0 Å². The molecule has 1 aromatic heterocycles. The van der Waals surface area contributed by atoms with E-state index in [1.165, 1.54) is 4.31 Å². The molecule has 3 rings (SSSR count). The highest BCUT2D eigenvalue weighted by molar-refractivity contribution is 7.90. The molecule has 2 heterocycles. The van der Waals surface area contributed by atoms with E-state index in [9.17, 15) is 13.2 Å². The summed E-state index contributed by atoms with van der Waals surface area (Å²) in [7, 11) is -3.13. The summed E-state index contributed by atoms with van der Waals surface area (Å²) in [6, 6.07) is 1.74. The van der Waals surface area contributed by atoms with Crippen LogP contribution in [0.3, 0.4) is 0 Å². The van der Waals surface area contributed by atoms with Gasteiger partial charge in [-0.25, -0.2) is 8.42 Å².